The van der Waals surface area contributed by atoms with Gasteiger partial charge in [0.25, 0.3) is 5.91 Å². The number of morpholine rings is 1. The van der Waals surface area contributed by atoms with Crippen LogP contribution < -0.4 is 5.32 Å². The highest BCUT2D eigenvalue weighted by Gasteiger charge is 2.36. The van der Waals surface area contributed by atoms with Crippen molar-refractivity contribution >= 4 is 5.91 Å². The van der Waals surface area contributed by atoms with E-state index in [2.05, 4.69) is 44.8 Å². The SMILES string of the molecule is O=C(NCC1(c2ccccc2)CCCC1)c1cn(CCN2CCOCC2)nn1. The Morgan fingerprint density at radius 3 is 2.61 bits per heavy atom. The molecule has 1 aliphatic carbocycles. The summed E-state index contributed by atoms with van der Waals surface area (Å²) < 4.78 is 7.12. The number of carbonyl (C=O) groups is 1. The molecule has 2 heterocycles. The molecule has 1 aromatic heterocycles. The van der Waals surface area contributed by atoms with Crippen molar-refractivity contribution in [2.75, 3.05) is 39.4 Å². The number of nitrogens with zero attached hydrogens (tertiary/aromatic N) is 4. The molecule has 4 rings (SSSR count). The third kappa shape index (κ3) is 4.42. The molecule has 1 amide bonds. The van der Waals surface area contributed by atoms with Gasteiger partial charge < -0.3 is 10.1 Å². The van der Waals surface area contributed by atoms with E-state index in [4.69, 9.17) is 4.74 Å². The van der Waals surface area contributed by atoms with E-state index in [-0.39, 0.29) is 11.3 Å². The third-order valence-corrected chi connectivity index (χ3v) is 6.05. The van der Waals surface area contributed by atoms with E-state index in [1.807, 2.05) is 6.07 Å². The van der Waals surface area contributed by atoms with Crippen LogP contribution in [0.15, 0.2) is 36.5 Å². The van der Waals surface area contributed by atoms with E-state index in [0.717, 1.165) is 52.2 Å². The highest BCUT2D eigenvalue weighted by atomic mass is 16.5. The summed E-state index contributed by atoms with van der Waals surface area (Å²) in [6, 6.07) is 10.6. The monoisotopic (exact) mass is 383 g/mol. The van der Waals surface area contributed by atoms with Crippen LogP contribution in [0.2, 0.25) is 0 Å². The molecule has 150 valence electrons. The maximum Gasteiger partial charge on any atom is 0.273 e. The van der Waals surface area contributed by atoms with Crippen LogP contribution in [0.4, 0.5) is 0 Å². The number of hydrogen-bond donors (Lipinski definition) is 1. The van der Waals surface area contributed by atoms with Crippen LogP contribution in [0.25, 0.3) is 0 Å². The number of aromatic nitrogens is 3. The molecule has 7 nitrogen and oxygen atoms in total. The Morgan fingerprint density at radius 1 is 1.11 bits per heavy atom. The van der Waals surface area contributed by atoms with Crippen molar-refractivity contribution in [3.8, 4) is 0 Å². The zero-order valence-electron chi connectivity index (χ0n) is 16.3. The summed E-state index contributed by atoms with van der Waals surface area (Å²) in [6.07, 6.45) is 6.40. The molecule has 7 heteroatoms. The normalized spacial score (nSPS) is 19.6. The smallest absolute Gasteiger partial charge is 0.273 e. The molecule has 1 N–H and O–H groups in total. The van der Waals surface area contributed by atoms with Crippen LogP contribution in [0.1, 0.15) is 41.7 Å². The minimum absolute atomic E-state index is 0.0449. The molecule has 0 atom stereocenters. The second-order valence-electron chi connectivity index (χ2n) is 7.86. The first kappa shape index (κ1) is 19.1. The van der Waals surface area contributed by atoms with Crippen LogP contribution >= 0.6 is 0 Å². The molecule has 2 fully saturated rings. The van der Waals surface area contributed by atoms with Crippen molar-refractivity contribution in [1.82, 2.24) is 25.2 Å². The van der Waals surface area contributed by atoms with E-state index in [9.17, 15) is 4.79 Å². The van der Waals surface area contributed by atoms with Gasteiger partial charge in [-0.1, -0.05) is 48.4 Å². The summed E-state index contributed by atoms with van der Waals surface area (Å²) in [5.41, 5.74) is 1.76. The molecule has 1 saturated carbocycles. The van der Waals surface area contributed by atoms with Crippen molar-refractivity contribution < 1.29 is 9.53 Å². The molecule has 2 aliphatic rings. The predicted molar refractivity (Wildman–Crippen MR) is 106 cm³/mol. The van der Waals surface area contributed by atoms with Gasteiger partial charge in [-0.25, -0.2) is 0 Å². The Balaban J connectivity index is 1.33. The quantitative estimate of drug-likeness (QED) is 0.790. The van der Waals surface area contributed by atoms with E-state index < -0.39 is 0 Å². The van der Waals surface area contributed by atoms with Gasteiger partial charge in [-0.05, 0) is 18.4 Å². The second-order valence-corrected chi connectivity index (χ2v) is 7.86. The fourth-order valence-corrected chi connectivity index (χ4v) is 4.33. The number of amides is 1. The van der Waals surface area contributed by atoms with Crippen molar-refractivity contribution in [2.45, 2.75) is 37.6 Å². The molecule has 2 aromatic rings. The summed E-state index contributed by atoms with van der Waals surface area (Å²) in [5.74, 6) is -0.139. The van der Waals surface area contributed by atoms with Crippen LogP contribution in [-0.4, -0.2) is 65.2 Å². The van der Waals surface area contributed by atoms with E-state index in [1.54, 1.807) is 10.9 Å². The number of rotatable bonds is 7. The lowest BCUT2D eigenvalue weighted by Crippen LogP contribution is -2.39. The fourth-order valence-electron chi connectivity index (χ4n) is 4.33. The zero-order valence-corrected chi connectivity index (χ0v) is 16.3. The predicted octanol–water partition coefficient (Wildman–Crippen LogP) is 1.85. The van der Waals surface area contributed by atoms with Gasteiger partial charge in [0.15, 0.2) is 5.69 Å². The standard InChI is InChI=1S/C21H29N5O2/c27-20(19-16-26(24-23-19)11-10-25-12-14-28-15-13-25)22-17-21(8-4-5-9-21)18-6-2-1-3-7-18/h1-3,6-7,16H,4-5,8-15,17H2,(H,22,27). The number of benzene rings is 1. The lowest BCUT2D eigenvalue weighted by atomic mass is 9.79. The first-order valence-corrected chi connectivity index (χ1v) is 10.3. The number of carbonyl (C=O) groups excluding carboxylic acids is 1. The van der Waals surface area contributed by atoms with Gasteiger partial charge in [-0.3, -0.25) is 14.4 Å². The lowest BCUT2D eigenvalue weighted by molar-refractivity contribution is 0.0359. The maximum atomic E-state index is 12.6. The topological polar surface area (TPSA) is 72.3 Å². The number of ether oxygens (including phenoxy) is 1. The van der Waals surface area contributed by atoms with Crippen molar-refractivity contribution in [2.24, 2.45) is 0 Å². The molecule has 0 spiro atoms. The molecular formula is C21H29N5O2. The Hall–Kier alpha value is -2.25. The van der Waals surface area contributed by atoms with Crippen LogP contribution in [0.3, 0.4) is 0 Å². The molecule has 0 unspecified atom stereocenters. The van der Waals surface area contributed by atoms with Gasteiger partial charge in [0.2, 0.25) is 0 Å². The molecule has 0 radical (unpaired) electrons. The number of nitrogens with one attached hydrogen (secondary N) is 1. The average molecular weight is 383 g/mol. The average Bonchev–Trinajstić information content (AvgIpc) is 3.43. The van der Waals surface area contributed by atoms with Crippen LogP contribution in [-0.2, 0) is 16.7 Å². The minimum atomic E-state index is -0.139. The highest BCUT2D eigenvalue weighted by Crippen LogP contribution is 2.40. The molecule has 0 bridgehead atoms. The summed E-state index contributed by atoms with van der Waals surface area (Å²) in [7, 11) is 0. The lowest BCUT2D eigenvalue weighted by Gasteiger charge is -2.29. The Kier molecular flexibility index (Phi) is 6.02. The van der Waals surface area contributed by atoms with Crippen molar-refractivity contribution in [3.63, 3.8) is 0 Å². The zero-order chi connectivity index (χ0) is 19.2. The number of hydrogen-bond acceptors (Lipinski definition) is 5. The van der Waals surface area contributed by atoms with E-state index in [0.29, 0.717) is 12.2 Å². The molecule has 1 saturated heterocycles. The molecular weight excluding hydrogens is 354 g/mol. The summed E-state index contributed by atoms with van der Waals surface area (Å²) in [6.45, 7) is 5.74. The van der Waals surface area contributed by atoms with E-state index in [1.165, 1.54) is 18.4 Å². The summed E-state index contributed by atoms with van der Waals surface area (Å²) in [4.78, 5) is 15.0. The molecule has 1 aromatic carbocycles. The highest BCUT2D eigenvalue weighted by molar-refractivity contribution is 5.91. The van der Waals surface area contributed by atoms with E-state index >= 15 is 0 Å². The van der Waals surface area contributed by atoms with Gasteiger partial charge in [-0.15, -0.1) is 5.10 Å². The van der Waals surface area contributed by atoms with Crippen molar-refractivity contribution in [1.29, 1.82) is 0 Å². The molecule has 28 heavy (non-hydrogen) atoms. The second kappa shape index (κ2) is 8.84. The van der Waals surface area contributed by atoms with Gasteiger partial charge in [0.05, 0.1) is 26.0 Å². The first-order valence-electron chi connectivity index (χ1n) is 10.3. The van der Waals surface area contributed by atoms with Crippen LogP contribution in [0.5, 0.6) is 0 Å². The van der Waals surface area contributed by atoms with Crippen molar-refractivity contribution in [3.05, 3.63) is 47.8 Å². The summed E-state index contributed by atoms with van der Waals surface area (Å²) in [5, 5.41) is 11.3. The summed E-state index contributed by atoms with van der Waals surface area (Å²) >= 11 is 0. The fraction of sp³-hybridized carbons (Fsp3) is 0.571. The largest absolute Gasteiger partial charge is 0.379 e. The Morgan fingerprint density at radius 2 is 1.86 bits per heavy atom. The first-order chi connectivity index (χ1) is 13.8. The Bertz CT molecular complexity index is 764. The third-order valence-electron chi connectivity index (χ3n) is 6.05. The molecule has 1 aliphatic heterocycles. The van der Waals surface area contributed by atoms with Gasteiger partial charge >= 0.3 is 0 Å². The minimum Gasteiger partial charge on any atom is -0.379 e. The van der Waals surface area contributed by atoms with Gasteiger partial charge in [0, 0.05) is 31.6 Å². The van der Waals surface area contributed by atoms with Gasteiger partial charge in [-0.2, -0.15) is 0 Å². The Labute approximate surface area is 166 Å². The van der Waals surface area contributed by atoms with Gasteiger partial charge in [0.1, 0.15) is 0 Å². The maximum absolute atomic E-state index is 12.6. The van der Waals surface area contributed by atoms with Crippen LogP contribution in [0, 0.1) is 0 Å².